The molecule has 2 aromatic rings. The van der Waals surface area contributed by atoms with E-state index in [1.54, 1.807) is 12.1 Å². The van der Waals surface area contributed by atoms with Gasteiger partial charge in [-0.15, -0.1) is 0 Å². The molecule has 1 amide bonds. The number of anilines is 2. The molecule has 0 aliphatic rings. The Morgan fingerprint density at radius 3 is 2.64 bits per heavy atom. The summed E-state index contributed by atoms with van der Waals surface area (Å²) >= 11 is 0. The van der Waals surface area contributed by atoms with E-state index in [4.69, 9.17) is 9.47 Å². The lowest BCUT2D eigenvalue weighted by Gasteiger charge is -2.14. The van der Waals surface area contributed by atoms with Crippen molar-refractivity contribution in [2.45, 2.75) is 0 Å². The molecule has 7 nitrogen and oxygen atoms in total. The highest BCUT2D eigenvalue weighted by atomic mass is 16.5. The van der Waals surface area contributed by atoms with Crippen molar-refractivity contribution in [2.24, 2.45) is 0 Å². The molecule has 116 valence electrons. The second-order valence-electron chi connectivity index (χ2n) is 4.68. The summed E-state index contributed by atoms with van der Waals surface area (Å²) in [7, 11) is 6.75. The molecule has 22 heavy (non-hydrogen) atoms. The van der Waals surface area contributed by atoms with Gasteiger partial charge >= 0.3 is 6.01 Å². The Hall–Kier alpha value is -2.83. The molecule has 0 aliphatic carbocycles. The Kier molecular flexibility index (Phi) is 4.77. The molecule has 1 heterocycles. The molecule has 0 saturated heterocycles. The third-order valence-corrected chi connectivity index (χ3v) is 2.98. The first kappa shape index (κ1) is 15.6. The normalized spacial score (nSPS) is 10.0. The number of amides is 1. The number of nitrogens with one attached hydrogen (secondary N) is 1. The first-order valence-electron chi connectivity index (χ1n) is 6.59. The van der Waals surface area contributed by atoms with E-state index in [1.807, 2.05) is 31.1 Å². The van der Waals surface area contributed by atoms with Crippen LogP contribution in [0, 0.1) is 0 Å². The maximum absolute atomic E-state index is 12.3. The van der Waals surface area contributed by atoms with Gasteiger partial charge in [-0.2, -0.15) is 4.98 Å². The molecule has 7 heteroatoms. The minimum Gasteiger partial charge on any atom is -0.479 e. The smallest absolute Gasteiger partial charge is 0.319 e. The fraction of sp³-hybridized carbons (Fsp3) is 0.267. The van der Waals surface area contributed by atoms with Crippen LogP contribution in [0.5, 0.6) is 11.9 Å². The zero-order chi connectivity index (χ0) is 16.1. The van der Waals surface area contributed by atoms with Gasteiger partial charge < -0.3 is 19.7 Å². The van der Waals surface area contributed by atoms with Gasteiger partial charge in [-0.1, -0.05) is 6.07 Å². The Morgan fingerprint density at radius 1 is 1.23 bits per heavy atom. The van der Waals surface area contributed by atoms with Crippen molar-refractivity contribution in [3.63, 3.8) is 0 Å². The SMILES string of the molecule is COc1ncc(NC(=O)c2cccc(N(C)C)c2)c(OC)n1. The van der Waals surface area contributed by atoms with Gasteiger partial charge in [0.1, 0.15) is 5.69 Å². The molecule has 1 aromatic carbocycles. The van der Waals surface area contributed by atoms with Crippen LogP contribution in [0.15, 0.2) is 30.5 Å². The fourth-order valence-corrected chi connectivity index (χ4v) is 1.81. The van der Waals surface area contributed by atoms with Crippen LogP contribution in [0.2, 0.25) is 0 Å². The third kappa shape index (κ3) is 3.43. The molecule has 0 aliphatic heterocycles. The van der Waals surface area contributed by atoms with E-state index in [0.717, 1.165) is 5.69 Å². The third-order valence-electron chi connectivity index (χ3n) is 2.98. The van der Waals surface area contributed by atoms with E-state index < -0.39 is 0 Å². The van der Waals surface area contributed by atoms with Gasteiger partial charge in [0.25, 0.3) is 5.91 Å². The molecule has 1 N–H and O–H groups in total. The molecule has 0 unspecified atom stereocenters. The van der Waals surface area contributed by atoms with Crippen LogP contribution in [0.25, 0.3) is 0 Å². The Balaban J connectivity index is 2.23. The molecule has 2 rings (SSSR count). The number of benzene rings is 1. The van der Waals surface area contributed by atoms with E-state index in [1.165, 1.54) is 20.4 Å². The largest absolute Gasteiger partial charge is 0.479 e. The van der Waals surface area contributed by atoms with Crippen molar-refractivity contribution >= 4 is 17.3 Å². The topological polar surface area (TPSA) is 76.6 Å². The average Bonchev–Trinajstić information content (AvgIpc) is 2.55. The summed E-state index contributed by atoms with van der Waals surface area (Å²) in [5, 5.41) is 2.73. The number of carbonyl (C=O) groups is 1. The first-order chi connectivity index (χ1) is 10.5. The zero-order valence-corrected chi connectivity index (χ0v) is 13.0. The molecule has 1 aromatic heterocycles. The summed E-state index contributed by atoms with van der Waals surface area (Å²) in [6.45, 7) is 0. The fourth-order valence-electron chi connectivity index (χ4n) is 1.81. The van der Waals surface area contributed by atoms with E-state index >= 15 is 0 Å². The predicted octanol–water partition coefficient (Wildman–Crippen LogP) is 1.81. The maximum Gasteiger partial charge on any atom is 0.319 e. The summed E-state index contributed by atoms with van der Waals surface area (Å²) in [5.41, 5.74) is 1.85. The van der Waals surface area contributed by atoms with Gasteiger partial charge in [0.05, 0.1) is 20.4 Å². The van der Waals surface area contributed by atoms with Crippen molar-refractivity contribution in [3.8, 4) is 11.9 Å². The number of rotatable bonds is 5. The standard InChI is InChI=1S/C15H18N4O3/c1-19(2)11-7-5-6-10(8-11)13(20)17-12-9-16-15(22-4)18-14(12)21-3/h5-9H,1-4H3,(H,17,20). The van der Waals surface area contributed by atoms with Gasteiger partial charge in [-0.05, 0) is 18.2 Å². The molecule has 0 atom stereocenters. The van der Waals surface area contributed by atoms with Crippen LogP contribution in [0.3, 0.4) is 0 Å². The summed E-state index contributed by atoms with van der Waals surface area (Å²) < 4.78 is 10.1. The highest BCUT2D eigenvalue weighted by Gasteiger charge is 2.13. The van der Waals surface area contributed by atoms with Crippen molar-refractivity contribution in [1.29, 1.82) is 0 Å². The number of aromatic nitrogens is 2. The number of methoxy groups -OCH3 is 2. The quantitative estimate of drug-likeness (QED) is 0.907. The minimum atomic E-state index is -0.268. The minimum absolute atomic E-state index is 0.171. The summed E-state index contributed by atoms with van der Waals surface area (Å²) in [6, 6.07) is 7.45. The van der Waals surface area contributed by atoms with Gasteiger partial charge in [0, 0.05) is 25.3 Å². The Labute approximate surface area is 128 Å². The van der Waals surface area contributed by atoms with Gasteiger partial charge in [0.2, 0.25) is 5.88 Å². The Morgan fingerprint density at radius 2 is 2.00 bits per heavy atom. The van der Waals surface area contributed by atoms with Crippen LogP contribution >= 0.6 is 0 Å². The van der Waals surface area contributed by atoms with E-state index in [2.05, 4.69) is 15.3 Å². The van der Waals surface area contributed by atoms with Crippen molar-refractivity contribution in [2.75, 3.05) is 38.5 Å². The number of nitrogens with zero attached hydrogens (tertiary/aromatic N) is 3. The second kappa shape index (κ2) is 6.75. The summed E-state index contributed by atoms with van der Waals surface area (Å²) in [6.07, 6.45) is 1.44. The predicted molar refractivity (Wildman–Crippen MR) is 83.9 cm³/mol. The molecular formula is C15H18N4O3. The zero-order valence-electron chi connectivity index (χ0n) is 13.0. The van der Waals surface area contributed by atoms with Crippen LogP contribution < -0.4 is 19.7 Å². The van der Waals surface area contributed by atoms with Crippen LogP contribution in [-0.4, -0.2) is 44.2 Å². The molecule has 0 spiro atoms. The van der Waals surface area contributed by atoms with Gasteiger partial charge in [-0.3, -0.25) is 4.79 Å². The average molecular weight is 302 g/mol. The molecule has 0 fully saturated rings. The van der Waals surface area contributed by atoms with Crippen LogP contribution in [0.4, 0.5) is 11.4 Å². The van der Waals surface area contributed by atoms with Crippen LogP contribution in [0.1, 0.15) is 10.4 Å². The number of ether oxygens (including phenoxy) is 2. The highest BCUT2D eigenvalue weighted by molar-refractivity contribution is 6.05. The van der Waals surface area contributed by atoms with E-state index in [0.29, 0.717) is 11.3 Å². The van der Waals surface area contributed by atoms with Crippen molar-refractivity contribution in [1.82, 2.24) is 9.97 Å². The lowest BCUT2D eigenvalue weighted by Crippen LogP contribution is -2.15. The first-order valence-corrected chi connectivity index (χ1v) is 6.59. The van der Waals surface area contributed by atoms with Crippen molar-refractivity contribution < 1.29 is 14.3 Å². The molecular weight excluding hydrogens is 284 g/mol. The molecule has 0 bridgehead atoms. The maximum atomic E-state index is 12.3. The van der Waals surface area contributed by atoms with E-state index in [9.17, 15) is 4.79 Å². The van der Waals surface area contributed by atoms with Crippen molar-refractivity contribution in [3.05, 3.63) is 36.0 Å². The molecule has 0 radical (unpaired) electrons. The number of hydrogen-bond acceptors (Lipinski definition) is 6. The lowest BCUT2D eigenvalue weighted by molar-refractivity contribution is 0.102. The number of carbonyl (C=O) groups excluding carboxylic acids is 1. The lowest BCUT2D eigenvalue weighted by atomic mass is 10.2. The van der Waals surface area contributed by atoms with Gasteiger partial charge in [-0.25, -0.2) is 4.98 Å². The van der Waals surface area contributed by atoms with E-state index in [-0.39, 0.29) is 17.8 Å². The highest BCUT2D eigenvalue weighted by Crippen LogP contribution is 2.23. The second-order valence-corrected chi connectivity index (χ2v) is 4.68. The van der Waals surface area contributed by atoms with Crippen LogP contribution in [-0.2, 0) is 0 Å². The van der Waals surface area contributed by atoms with Gasteiger partial charge in [0.15, 0.2) is 0 Å². The summed E-state index contributed by atoms with van der Waals surface area (Å²) in [5.74, 6) is -0.0280. The number of hydrogen-bond donors (Lipinski definition) is 1. The molecule has 0 saturated carbocycles. The monoisotopic (exact) mass is 302 g/mol. The Bertz CT molecular complexity index is 674. The summed E-state index contributed by atoms with van der Waals surface area (Å²) in [4.78, 5) is 22.2.